The van der Waals surface area contributed by atoms with Crippen LogP contribution in [0, 0.1) is 5.92 Å². The van der Waals surface area contributed by atoms with Gasteiger partial charge in [0, 0.05) is 12.1 Å². The summed E-state index contributed by atoms with van der Waals surface area (Å²) in [6.45, 7) is 6.80. The number of hydrogen-bond donors (Lipinski definition) is 1. The van der Waals surface area contributed by atoms with Gasteiger partial charge in [0.1, 0.15) is 0 Å². The smallest absolute Gasteiger partial charge is 0.326 e. The Hall–Kier alpha value is -0.520. The fourth-order valence-electron chi connectivity index (χ4n) is 3.14. The average Bonchev–Trinajstić information content (AvgIpc) is 2.45. The second-order valence-corrected chi connectivity index (χ2v) is 9.00. The molecule has 2 atom stereocenters. The lowest BCUT2D eigenvalue weighted by Crippen LogP contribution is -2.25. The molecule has 1 fully saturated rings. The molecule has 0 amide bonds. The summed E-state index contributed by atoms with van der Waals surface area (Å²) in [4.78, 5) is 14.3. The molecule has 1 aliphatic carbocycles. The van der Waals surface area contributed by atoms with Crippen molar-refractivity contribution < 1.29 is 23.2 Å². The highest BCUT2D eigenvalue weighted by molar-refractivity contribution is 7.47. The molecule has 1 heterocycles. The summed E-state index contributed by atoms with van der Waals surface area (Å²) in [5.41, 5.74) is 1.64. The zero-order valence-corrected chi connectivity index (χ0v) is 16.1. The molecule has 138 valence electrons. The quantitative estimate of drug-likeness (QED) is 0.426. The van der Waals surface area contributed by atoms with Crippen molar-refractivity contribution in [2.24, 2.45) is 10.9 Å². The zero-order chi connectivity index (χ0) is 17.8. The highest BCUT2D eigenvalue weighted by Gasteiger charge is 2.29. The molecular weight excluding hydrogens is 329 g/mol. The van der Waals surface area contributed by atoms with E-state index in [2.05, 4.69) is 11.9 Å². The zero-order valence-electron chi connectivity index (χ0n) is 15.2. The Morgan fingerprint density at radius 3 is 2.58 bits per heavy atom. The van der Waals surface area contributed by atoms with Gasteiger partial charge in [0.15, 0.2) is 13.0 Å². The summed E-state index contributed by atoms with van der Waals surface area (Å²) in [6.07, 6.45) is 8.61. The van der Waals surface area contributed by atoms with Crippen LogP contribution in [-0.4, -0.2) is 29.2 Å². The normalized spacial score (nSPS) is 25.8. The first-order valence-corrected chi connectivity index (χ1v) is 10.2. The monoisotopic (exact) mass is 359 g/mol. The van der Waals surface area contributed by atoms with Crippen LogP contribution in [0.4, 0.5) is 0 Å². The lowest BCUT2D eigenvalue weighted by Gasteiger charge is -2.28. The second-order valence-electron chi connectivity index (χ2n) is 7.62. The van der Waals surface area contributed by atoms with E-state index in [1.54, 1.807) is 20.8 Å². The summed E-state index contributed by atoms with van der Waals surface area (Å²) in [6, 6.07) is 0. The molecule has 24 heavy (non-hydrogen) atoms. The van der Waals surface area contributed by atoms with Gasteiger partial charge in [-0.3, -0.25) is 14.0 Å². The topological polar surface area (TPSA) is 77.4 Å². The van der Waals surface area contributed by atoms with E-state index in [0.29, 0.717) is 5.92 Å². The number of aliphatic imine (C=N–C) groups is 1. The van der Waals surface area contributed by atoms with Crippen molar-refractivity contribution in [1.82, 2.24) is 0 Å². The molecule has 0 radical (unpaired) electrons. The molecule has 1 N–H and O–H groups in total. The second kappa shape index (κ2) is 8.24. The maximum atomic E-state index is 11.8. The van der Waals surface area contributed by atoms with Crippen LogP contribution in [0.5, 0.6) is 0 Å². The molecular formula is C17H30NO5P. The molecule has 2 rings (SSSR count). The first-order chi connectivity index (χ1) is 11.1. The molecule has 0 saturated heterocycles. The Labute approximate surface area is 144 Å². The van der Waals surface area contributed by atoms with Crippen LogP contribution in [0.2, 0.25) is 0 Å². The van der Waals surface area contributed by atoms with Crippen molar-refractivity contribution in [3.05, 3.63) is 11.6 Å². The molecule has 0 bridgehead atoms. The Balaban J connectivity index is 1.87. The fraction of sp³-hybridized carbons (Fsp3) is 0.824. The van der Waals surface area contributed by atoms with E-state index in [0.717, 1.165) is 6.42 Å². The van der Waals surface area contributed by atoms with Gasteiger partial charge in [0.2, 0.25) is 0 Å². The standard InChI is InChI=1S/C17H30NO5P/c1-13-10-15(14-8-6-5-7-9-14)18-16(11-13)21-12-22-24(19,20)23-17(2,3)4/h11,14,16H,5-10,12H2,1-4H3,(H,19,20). The number of dihydropyridines is 1. The molecule has 6 nitrogen and oxygen atoms in total. The van der Waals surface area contributed by atoms with E-state index in [9.17, 15) is 9.46 Å². The van der Waals surface area contributed by atoms with Crippen molar-refractivity contribution in [3.8, 4) is 0 Å². The minimum absolute atomic E-state index is 0.334. The number of rotatable bonds is 6. The van der Waals surface area contributed by atoms with Crippen LogP contribution in [0.25, 0.3) is 0 Å². The third-order valence-corrected chi connectivity index (χ3v) is 5.31. The molecule has 0 spiro atoms. The van der Waals surface area contributed by atoms with Gasteiger partial charge in [-0.2, -0.15) is 0 Å². The minimum Gasteiger partial charge on any atom is -0.326 e. The van der Waals surface area contributed by atoms with Gasteiger partial charge >= 0.3 is 7.82 Å². The molecule has 1 aliphatic heterocycles. The summed E-state index contributed by atoms with van der Waals surface area (Å²) in [5.74, 6) is 0.544. The van der Waals surface area contributed by atoms with E-state index in [1.807, 2.05) is 6.08 Å². The van der Waals surface area contributed by atoms with Gasteiger partial charge in [-0.1, -0.05) is 24.8 Å². The third-order valence-electron chi connectivity index (χ3n) is 4.10. The van der Waals surface area contributed by atoms with Crippen LogP contribution >= 0.6 is 7.82 Å². The largest absolute Gasteiger partial charge is 0.474 e. The predicted octanol–water partition coefficient (Wildman–Crippen LogP) is 4.59. The van der Waals surface area contributed by atoms with Gasteiger partial charge in [-0.05, 0) is 52.5 Å². The molecule has 0 aromatic rings. The van der Waals surface area contributed by atoms with Gasteiger partial charge in [0.25, 0.3) is 0 Å². The molecule has 2 aliphatic rings. The Morgan fingerprint density at radius 1 is 1.29 bits per heavy atom. The van der Waals surface area contributed by atoms with E-state index < -0.39 is 19.7 Å². The van der Waals surface area contributed by atoms with E-state index in [4.69, 9.17) is 13.8 Å². The molecule has 2 unspecified atom stereocenters. The lowest BCUT2D eigenvalue weighted by molar-refractivity contribution is -0.0419. The number of ether oxygens (including phenoxy) is 1. The van der Waals surface area contributed by atoms with Gasteiger partial charge in [0.05, 0.1) is 5.60 Å². The van der Waals surface area contributed by atoms with Crippen LogP contribution in [0.15, 0.2) is 16.6 Å². The van der Waals surface area contributed by atoms with Crippen molar-refractivity contribution in [3.63, 3.8) is 0 Å². The molecule has 0 aromatic carbocycles. The first kappa shape index (κ1) is 19.8. The predicted molar refractivity (Wildman–Crippen MR) is 93.9 cm³/mol. The van der Waals surface area contributed by atoms with Crippen LogP contribution in [-0.2, 0) is 18.3 Å². The maximum Gasteiger partial charge on any atom is 0.474 e. The van der Waals surface area contributed by atoms with E-state index in [1.165, 1.54) is 43.4 Å². The van der Waals surface area contributed by atoms with Crippen LogP contribution in [0.1, 0.15) is 66.2 Å². The number of phosphoric ester groups is 1. The highest BCUT2D eigenvalue weighted by atomic mass is 31.2. The van der Waals surface area contributed by atoms with Crippen LogP contribution in [0.3, 0.4) is 0 Å². The summed E-state index contributed by atoms with van der Waals surface area (Å²) in [7, 11) is -4.13. The fourth-order valence-corrected chi connectivity index (χ4v) is 4.08. The summed E-state index contributed by atoms with van der Waals surface area (Å²) < 4.78 is 27.3. The van der Waals surface area contributed by atoms with Gasteiger partial charge in [-0.15, -0.1) is 0 Å². The average molecular weight is 359 g/mol. The number of phosphoric acid groups is 1. The Kier molecular flexibility index (Phi) is 6.80. The van der Waals surface area contributed by atoms with Crippen molar-refractivity contribution >= 4 is 13.5 Å². The van der Waals surface area contributed by atoms with Crippen LogP contribution < -0.4 is 0 Å². The first-order valence-electron chi connectivity index (χ1n) is 8.68. The minimum atomic E-state index is -4.13. The molecule has 1 saturated carbocycles. The molecule has 0 aromatic heterocycles. The highest BCUT2D eigenvalue weighted by Crippen LogP contribution is 2.47. The van der Waals surface area contributed by atoms with Gasteiger partial charge in [-0.25, -0.2) is 4.57 Å². The Bertz CT molecular complexity index is 532. The molecule has 7 heteroatoms. The number of nitrogens with zero attached hydrogens (tertiary/aromatic N) is 1. The Morgan fingerprint density at radius 2 is 1.96 bits per heavy atom. The van der Waals surface area contributed by atoms with Crippen molar-refractivity contribution in [1.29, 1.82) is 0 Å². The number of allylic oxidation sites excluding steroid dienone is 1. The van der Waals surface area contributed by atoms with E-state index in [-0.39, 0.29) is 6.79 Å². The third kappa shape index (κ3) is 6.77. The maximum absolute atomic E-state index is 11.8. The van der Waals surface area contributed by atoms with Crippen molar-refractivity contribution in [2.75, 3.05) is 6.79 Å². The van der Waals surface area contributed by atoms with Gasteiger partial charge < -0.3 is 9.63 Å². The summed E-state index contributed by atoms with van der Waals surface area (Å²) >= 11 is 0. The number of hydrogen-bond acceptors (Lipinski definition) is 5. The SMILES string of the molecule is CC1=CC(OCOP(=O)(O)OC(C)(C)C)N=C(C2CCCCC2)C1. The summed E-state index contributed by atoms with van der Waals surface area (Å²) in [5, 5.41) is 0. The van der Waals surface area contributed by atoms with E-state index >= 15 is 0 Å². The lowest BCUT2D eigenvalue weighted by atomic mass is 9.83. The van der Waals surface area contributed by atoms with Crippen molar-refractivity contribution in [2.45, 2.75) is 78.0 Å².